The number of pyridine rings is 1. The minimum atomic E-state index is -1.20. The zero-order valence-corrected chi connectivity index (χ0v) is 11.4. The van der Waals surface area contributed by atoms with E-state index >= 15 is 0 Å². The number of fused-ring (bicyclic) bond motifs is 1. The molecule has 0 fully saturated rings. The summed E-state index contributed by atoms with van der Waals surface area (Å²) in [5, 5.41) is 13.2. The first kappa shape index (κ1) is 13.8. The molecule has 2 aromatic heterocycles. The van der Waals surface area contributed by atoms with E-state index in [1.165, 1.54) is 36.0 Å². The average Bonchev–Trinajstić information content (AvgIpc) is 2.85. The molecule has 0 saturated carbocycles. The molecule has 8 heteroatoms. The number of anilines is 1. The van der Waals surface area contributed by atoms with Gasteiger partial charge in [0.05, 0.1) is 7.11 Å². The molecular weight excluding hydrogens is 291 g/mol. The SMILES string of the molecule is COc1ccc(-c2cc(C(=O)O)c3nc(N)nn3c2)c(F)c1. The Balaban J connectivity index is 2.25. The van der Waals surface area contributed by atoms with Crippen LogP contribution in [0.25, 0.3) is 16.8 Å². The number of carboxylic acids is 1. The van der Waals surface area contributed by atoms with Gasteiger partial charge in [0, 0.05) is 23.4 Å². The van der Waals surface area contributed by atoms with Crippen molar-refractivity contribution in [2.24, 2.45) is 0 Å². The zero-order valence-electron chi connectivity index (χ0n) is 11.4. The van der Waals surface area contributed by atoms with Gasteiger partial charge in [0.2, 0.25) is 5.95 Å². The van der Waals surface area contributed by atoms with Crippen LogP contribution in [0.2, 0.25) is 0 Å². The number of ether oxygens (including phenoxy) is 1. The monoisotopic (exact) mass is 302 g/mol. The zero-order chi connectivity index (χ0) is 15.9. The number of hydrogen-bond acceptors (Lipinski definition) is 5. The first-order valence-electron chi connectivity index (χ1n) is 6.22. The topological polar surface area (TPSA) is 103 Å². The number of benzene rings is 1. The molecule has 3 N–H and O–H groups in total. The van der Waals surface area contributed by atoms with Gasteiger partial charge in [-0.3, -0.25) is 0 Å². The molecule has 0 spiro atoms. The number of aromatic nitrogens is 3. The largest absolute Gasteiger partial charge is 0.497 e. The second-order valence-electron chi connectivity index (χ2n) is 4.53. The molecule has 0 amide bonds. The molecule has 0 aliphatic heterocycles. The highest BCUT2D eigenvalue weighted by Gasteiger charge is 2.17. The number of hydrogen-bond donors (Lipinski definition) is 2. The Labute approximate surface area is 123 Å². The van der Waals surface area contributed by atoms with E-state index in [-0.39, 0.29) is 22.7 Å². The molecular formula is C14H11FN4O3. The van der Waals surface area contributed by atoms with Crippen molar-refractivity contribution in [1.29, 1.82) is 0 Å². The van der Waals surface area contributed by atoms with Crippen LogP contribution in [0, 0.1) is 5.82 Å². The predicted octanol–water partition coefficient (Wildman–Crippen LogP) is 1.82. The van der Waals surface area contributed by atoms with Crippen molar-refractivity contribution >= 4 is 17.6 Å². The summed E-state index contributed by atoms with van der Waals surface area (Å²) in [6, 6.07) is 5.63. The number of aromatic carboxylic acids is 1. The summed E-state index contributed by atoms with van der Waals surface area (Å²) in [6.45, 7) is 0. The highest BCUT2D eigenvalue weighted by atomic mass is 19.1. The number of nitrogens with two attached hydrogens (primary N) is 1. The maximum atomic E-state index is 14.2. The van der Waals surface area contributed by atoms with Crippen molar-refractivity contribution in [3.8, 4) is 16.9 Å². The quantitative estimate of drug-likeness (QED) is 0.765. The van der Waals surface area contributed by atoms with Crippen LogP contribution in [-0.4, -0.2) is 32.8 Å². The second kappa shape index (κ2) is 4.99. The van der Waals surface area contributed by atoms with E-state index < -0.39 is 11.8 Å². The van der Waals surface area contributed by atoms with E-state index in [2.05, 4.69) is 10.1 Å². The number of nitrogen functional groups attached to an aromatic ring is 1. The van der Waals surface area contributed by atoms with Crippen molar-refractivity contribution in [3.63, 3.8) is 0 Å². The number of methoxy groups -OCH3 is 1. The lowest BCUT2D eigenvalue weighted by molar-refractivity contribution is 0.0698. The lowest BCUT2D eigenvalue weighted by atomic mass is 10.0. The minimum Gasteiger partial charge on any atom is -0.497 e. The van der Waals surface area contributed by atoms with Gasteiger partial charge in [0.15, 0.2) is 5.65 Å². The van der Waals surface area contributed by atoms with Crippen molar-refractivity contribution in [2.75, 3.05) is 12.8 Å². The molecule has 0 unspecified atom stereocenters. The molecule has 1 aromatic carbocycles. The van der Waals surface area contributed by atoms with E-state index in [1.807, 2.05) is 0 Å². The van der Waals surface area contributed by atoms with Crippen LogP contribution in [0.15, 0.2) is 30.5 Å². The van der Waals surface area contributed by atoms with Crippen LogP contribution < -0.4 is 10.5 Å². The second-order valence-corrected chi connectivity index (χ2v) is 4.53. The molecule has 0 radical (unpaired) electrons. The highest BCUT2D eigenvalue weighted by Crippen LogP contribution is 2.28. The Morgan fingerprint density at radius 3 is 2.82 bits per heavy atom. The van der Waals surface area contributed by atoms with Crippen LogP contribution in [0.4, 0.5) is 10.3 Å². The molecule has 0 aliphatic carbocycles. The molecule has 22 heavy (non-hydrogen) atoms. The molecule has 0 bridgehead atoms. The van der Waals surface area contributed by atoms with Crippen LogP contribution in [0.3, 0.4) is 0 Å². The first-order valence-corrected chi connectivity index (χ1v) is 6.22. The van der Waals surface area contributed by atoms with Crippen LogP contribution in [0.5, 0.6) is 5.75 Å². The fraction of sp³-hybridized carbons (Fsp3) is 0.0714. The molecule has 112 valence electrons. The molecule has 0 saturated heterocycles. The van der Waals surface area contributed by atoms with Crippen molar-refractivity contribution in [2.45, 2.75) is 0 Å². The van der Waals surface area contributed by atoms with E-state index in [1.54, 1.807) is 6.07 Å². The maximum absolute atomic E-state index is 14.2. The lowest BCUT2D eigenvalue weighted by Gasteiger charge is -2.07. The van der Waals surface area contributed by atoms with Crippen LogP contribution in [-0.2, 0) is 0 Å². The summed E-state index contributed by atoms with van der Waals surface area (Å²) in [7, 11) is 1.43. The fourth-order valence-corrected chi connectivity index (χ4v) is 2.16. The fourth-order valence-electron chi connectivity index (χ4n) is 2.16. The third-order valence-electron chi connectivity index (χ3n) is 3.17. The van der Waals surface area contributed by atoms with Crippen molar-refractivity contribution < 1.29 is 19.0 Å². The smallest absolute Gasteiger partial charge is 0.339 e. The van der Waals surface area contributed by atoms with Gasteiger partial charge in [0.25, 0.3) is 0 Å². The first-order chi connectivity index (χ1) is 10.5. The number of halogens is 1. The van der Waals surface area contributed by atoms with Gasteiger partial charge in [0.1, 0.15) is 17.1 Å². The maximum Gasteiger partial charge on any atom is 0.339 e. The van der Waals surface area contributed by atoms with Crippen molar-refractivity contribution in [1.82, 2.24) is 14.6 Å². The van der Waals surface area contributed by atoms with Gasteiger partial charge in [-0.25, -0.2) is 13.7 Å². The summed E-state index contributed by atoms with van der Waals surface area (Å²) in [4.78, 5) is 15.2. The van der Waals surface area contributed by atoms with E-state index in [0.717, 1.165) is 0 Å². The summed E-state index contributed by atoms with van der Waals surface area (Å²) in [5.74, 6) is -1.43. The Morgan fingerprint density at radius 1 is 1.41 bits per heavy atom. The molecule has 0 aliphatic rings. The van der Waals surface area contributed by atoms with E-state index in [0.29, 0.717) is 11.3 Å². The summed E-state index contributed by atoms with van der Waals surface area (Å²) >= 11 is 0. The normalized spacial score (nSPS) is 10.8. The van der Waals surface area contributed by atoms with Gasteiger partial charge in [-0.15, -0.1) is 5.10 Å². The number of nitrogens with zero attached hydrogens (tertiary/aromatic N) is 3. The Bertz CT molecular complexity index is 891. The lowest BCUT2D eigenvalue weighted by Crippen LogP contribution is -2.03. The average molecular weight is 302 g/mol. The number of carbonyl (C=O) groups is 1. The highest BCUT2D eigenvalue weighted by molar-refractivity contribution is 5.96. The van der Waals surface area contributed by atoms with Gasteiger partial charge >= 0.3 is 5.97 Å². The third-order valence-corrected chi connectivity index (χ3v) is 3.17. The molecule has 0 atom stereocenters. The van der Waals surface area contributed by atoms with Gasteiger partial charge in [-0.2, -0.15) is 4.98 Å². The number of carboxylic acid groups (broad SMARTS) is 1. The summed E-state index contributed by atoms with van der Waals surface area (Å²) in [6.07, 6.45) is 1.47. The predicted molar refractivity (Wildman–Crippen MR) is 76.3 cm³/mol. The summed E-state index contributed by atoms with van der Waals surface area (Å²) in [5.41, 5.74) is 6.04. The Hall–Kier alpha value is -3.16. The molecule has 3 aromatic rings. The van der Waals surface area contributed by atoms with Gasteiger partial charge in [-0.1, -0.05) is 0 Å². The Morgan fingerprint density at radius 2 is 2.18 bits per heavy atom. The molecule has 2 heterocycles. The van der Waals surface area contributed by atoms with Crippen LogP contribution in [0.1, 0.15) is 10.4 Å². The van der Waals surface area contributed by atoms with Crippen LogP contribution >= 0.6 is 0 Å². The Kier molecular flexibility index (Phi) is 3.13. The number of rotatable bonds is 3. The molecule has 3 rings (SSSR count). The van der Waals surface area contributed by atoms with Gasteiger partial charge < -0.3 is 15.6 Å². The van der Waals surface area contributed by atoms with E-state index in [4.69, 9.17) is 10.5 Å². The summed E-state index contributed by atoms with van der Waals surface area (Å²) < 4.78 is 20.3. The van der Waals surface area contributed by atoms with E-state index in [9.17, 15) is 14.3 Å². The molecule has 7 nitrogen and oxygen atoms in total. The van der Waals surface area contributed by atoms with Gasteiger partial charge in [-0.05, 0) is 18.2 Å². The minimum absolute atomic E-state index is 0.0603. The standard InChI is InChI=1S/C14H11FN4O3/c1-22-8-2-3-9(11(15)5-8)7-4-10(13(20)21)12-17-14(16)18-19(12)6-7/h2-6H,1H3,(H2,16,18)(H,20,21). The third kappa shape index (κ3) is 2.20. The van der Waals surface area contributed by atoms with Crippen molar-refractivity contribution in [3.05, 3.63) is 41.8 Å².